The van der Waals surface area contributed by atoms with Gasteiger partial charge in [-0.05, 0) is 69.9 Å². The third-order valence-corrected chi connectivity index (χ3v) is 9.29. The summed E-state index contributed by atoms with van der Waals surface area (Å²) in [5.41, 5.74) is 1.15. The molecule has 2 aromatic rings. The molecule has 2 aromatic carbocycles. The average Bonchev–Trinajstić information content (AvgIpc) is 3.52. The molecule has 2 N–H and O–H groups in total. The Hall–Kier alpha value is -2.90. The monoisotopic (exact) mass is 578 g/mol. The van der Waals surface area contributed by atoms with Crippen molar-refractivity contribution < 1.29 is 14.7 Å². The molecule has 0 bridgehead atoms. The topological polar surface area (TPSA) is 76.1 Å². The molecule has 3 aliphatic rings. The molecule has 1 aliphatic carbocycles. The quantitative estimate of drug-likeness (QED) is 0.357. The molecule has 1 unspecified atom stereocenters. The zero-order chi connectivity index (χ0) is 30.0. The Balaban J connectivity index is 0.000000464. The summed E-state index contributed by atoms with van der Waals surface area (Å²) in [6, 6.07) is 23.4. The first kappa shape index (κ1) is 33.6. The van der Waals surface area contributed by atoms with Crippen LogP contribution in [-0.2, 0) is 11.3 Å². The van der Waals surface area contributed by atoms with Crippen LogP contribution in [0.3, 0.4) is 0 Å². The van der Waals surface area contributed by atoms with Crippen molar-refractivity contribution in [2.24, 2.45) is 11.8 Å². The summed E-state index contributed by atoms with van der Waals surface area (Å²) in [5, 5.41) is 10.0. The Morgan fingerprint density at radius 3 is 2.07 bits per heavy atom. The molecule has 2 atom stereocenters. The first-order valence-electron chi connectivity index (χ1n) is 16.2. The fourth-order valence-electron chi connectivity index (χ4n) is 6.90. The first-order chi connectivity index (χ1) is 20.5. The number of carboxylic acid groups (broad SMARTS) is 1. The van der Waals surface area contributed by atoms with Gasteiger partial charge in [-0.3, -0.25) is 4.79 Å². The lowest BCUT2D eigenvalue weighted by molar-refractivity contribution is -0.122. The SMILES string of the molecule is CCN(C(=O)NCc1ccccc1)C1CCN(C[C@@H]2CCN(C(C)C3CCCCC3)C2)CC1.O=CO.c1ccccc1. The van der Waals surface area contributed by atoms with E-state index in [4.69, 9.17) is 9.90 Å². The second kappa shape index (κ2) is 19.3. The summed E-state index contributed by atoms with van der Waals surface area (Å²) < 4.78 is 0. The minimum atomic E-state index is -0.250. The van der Waals surface area contributed by atoms with E-state index in [0.29, 0.717) is 12.6 Å². The van der Waals surface area contributed by atoms with Gasteiger partial charge in [0.2, 0.25) is 0 Å². The maximum atomic E-state index is 12.8. The minimum absolute atomic E-state index is 0.0861. The Kier molecular flexibility index (Phi) is 15.5. The van der Waals surface area contributed by atoms with Crippen molar-refractivity contribution in [3.05, 3.63) is 72.3 Å². The van der Waals surface area contributed by atoms with Crippen LogP contribution in [0.25, 0.3) is 0 Å². The fourth-order valence-corrected chi connectivity index (χ4v) is 6.90. The zero-order valence-corrected chi connectivity index (χ0v) is 25.9. The van der Waals surface area contributed by atoms with Gasteiger partial charge in [0.15, 0.2) is 0 Å². The number of amides is 2. The van der Waals surface area contributed by atoms with Crippen molar-refractivity contribution in [1.29, 1.82) is 0 Å². The van der Waals surface area contributed by atoms with Crippen molar-refractivity contribution >= 4 is 12.5 Å². The van der Waals surface area contributed by atoms with Crippen LogP contribution in [0.4, 0.5) is 4.79 Å². The molecule has 42 heavy (non-hydrogen) atoms. The van der Waals surface area contributed by atoms with Crippen molar-refractivity contribution in [3.63, 3.8) is 0 Å². The number of carbonyl (C=O) groups excluding carboxylic acids is 1. The molecular weight excluding hydrogens is 524 g/mol. The molecule has 232 valence electrons. The highest BCUT2D eigenvalue weighted by atomic mass is 16.3. The standard InChI is InChI=1S/C28H46N4O.C6H6.CH2O2/c1-3-32(28(33)29-20-24-10-6-4-7-11-24)27-15-17-30(18-16-27)21-25-14-19-31(22-25)23(2)26-12-8-5-9-13-26;1-2-4-6-5-3-1;2-1-3/h4,6-7,10-11,23,25-27H,3,5,8-9,12-22H2,1-2H3,(H,29,33);1-6H;1H,(H,2,3)/t23?,25-;;/m0../s1. The summed E-state index contributed by atoms with van der Waals surface area (Å²) in [7, 11) is 0. The highest BCUT2D eigenvalue weighted by Gasteiger charge is 2.33. The second-order valence-electron chi connectivity index (χ2n) is 12.0. The van der Waals surface area contributed by atoms with E-state index in [1.807, 2.05) is 54.6 Å². The zero-order valence-electron chi connectivity index (χ0n) is 25.9. The van der Waals surface area contributed by atoms with Crippen LogP contribution in [-0.4, -0.2) is 83.7 Å². The lowest BCUT2D eigenvalue weighted by atomic mass is 9.84. The first-order valence-corrected chi connectivity index (χ1v) is 16.2. The van der Waals surface area contributed by atoms with Gasteiger partial charge < -0.3 is 25.1 Å². The number of rotatable bonds is 8. The molecule has 0 radical (unpaired) electrons. The van der Waals surface area contributed by atoms with Crippen molar-refractivity contribution in [3.8, 4) is 0 Å². The predicted molar refractivity (Wildman–Crippen MR) is 171 cm³/mol. The van der Waals surface area contributed by atoms with Gasteiger partial charge in [-0.1, -0.05) is 86.0 Å². The molecular formula is C35H54N4O3. The lowest BCUT2D eigenvalue weighted by Gasteiger charge is -2.39. The number of benzene rings is 2. The molecule has 7 heteroatoms. The Morgan fingerprint density at radius 2 is 1.50 bits per heavy atom. The van der Waals surface area contributed by atoms with Crippen LogP contribution in [0.5, 0.6) is 0 Å². The Bertz CT molecular complexity index is 952. The molecule has 0 spiro atoms. The number of piperidine rings is 1. The molecule has 7 nitrogen and oxygen atoms in total. The van der Waals surface area contributed by atoms with E-state index in [1.165, 1.54) is 58.2 Å². The highest BCUT2D eigenvalue weighted by molar-refractivity contribution is 5.74. The van der Waals surface area contributed by atoms with E-state index in [1.54, 1.807) is 0 Å². The number of hydrogen-bond acceptors (Lipinski definition) is 4. The molecule has 2 aliphatic heterocycles. The van der Waals surface area contributed by atoms with Gasteiger partial charge in [0.1, 0.15) is 0 Å². The van der Waals surface area contributed by atoms with Crippen LogP contribution in [0, 0.1) is 11.8 Å². The summed E-state index contributed by atoms with van der Waals surface area (Å²) >= 11 is 0. The molecule has 2 amide bonds. The summed E-state index contributed by atoms with van der Waals surface area (Å²) in [4.78, 5) is 28.7. The third kappa shape index (κ3) is 11.4. The van der Waals surface area contributed by atoms with Crippen LogP contribution in [0.15, 0.2) is 66.7 Å². The molecule has 2 heterocycles. The lowest BCUT2D eigenvalue weighted by Crippen LogP contribution is -2.51. The number of likely N-dealkylation sites (tertiary alicyclic amines) is 2. The molecule has 2 saturated heterocycles. The van der Waals surface area contributed by atoms with Crippen molar-refractivity contribution in [2.45, 2.75) is 83.8 Å². The minimum Gasteiger partial charge on any atom is -0.483 e. The number of hydrogen-bond donors (Lipinski definition) is 2. The van der Waals surface area contributed by atoms with Gasteiger partial charge in [0.05, 0.1) is 0 Å². The van der Waals surface area contributed by atoms with E-state index >= 15 is 0 Å². The maximum absolute atomic E-state index is 12.8. The van der Waals surface area contributed by atoms with E-state index in [0.717, 1.165) is 55.9 Å². The summed E-state index contributed by atoms with van der Waals surface area (Å²) in [6.45, 7) is 11.8. The molecule has 0 aromatic heterocycles. The number of carbonyl (C=O) groups is 2. The smallest absolute Gasteiger partial charge is 0.317 e. The molecule has 3 fully saturated rings. The van der Waals surface area contributed by atoms with E-state index < -0.39 is 0 Å². The maximum Gasteiger partial charge on any atom is 0.317 e. The van der Waals surface area contributed by atoms with Crippen LogP contribution in [0.2, 0.25) is 0 Å². The van der Waals surface area contributed by atoms with Gasteiger partial charge in [-0.2, -0.15) is 0 Å². The van der Waals surface area contributed by atoms with Crippen molar-refractivity contribution in [1.82, 2.24) is 20.0 Å². The number of urea groups is 1. The highest BCUT2D eigenvalue weighted by Crippen LogP contribution is 2.32. The van der Waals surface area contributed by atoms with E-state index in [9.17, 15) is 4.79 Å². The molecule has 5 rings (SSSR count). The second-order valence-corrected chi connectivity index (χ2v) is 12.0. The summed E-state index contributed by atoms with van der Waals surface area (Å²) in [6.07, 6.45) is 10.8. The van der Waals surface area contributed by atoms with E-state index in [-0.39, 0.29) is 12.5 Å². The van der Waals surface area contributed by atoms with Crippen LogP contribution in [0.1, 0.15) is 70.8 Å². The Morgan fingerprint density at radius 1 is 0.929 bits per heavy atom. The average molecular weight is 579 g/mol. The van der Waals surface area contributed by atoms with Gasteiger partial charge in [-0.25, -0.2) is 4.79 Å². The van der Waals surface area contributed by atoms with Gasteiger partial charge >= 0.3 is 6.03 Å². The van der Waals surface area contributed by atoms with Crippen LogP contribution >= 0.6 is 0 Å². The fraction of sp³-hybridized carbons (Fsp3) is 0.600. The van der Waals surface area contributed by atoms with Gasteiger partial charge in [-0.15, -0.1) is 0 Å². The predicted octanol–water partition coefficient (Wildman–Crippen LogP) is 6.36. The third-order valence-electron chi connectivity index (χ3n) is 9.29. The van der Waals surface area contributed by atoms with Gasteiger partial charge in [0, 0.05) is 51.4 Å². The van der Waals surface area contributed by atoms with E-state index in [2.05, 4.69) is 46.0 Å². The normalized spacial score (nSPS) is 20.8. The summed E-state index contributed by atoms with van der Waals surface area (Å²) in [5.74, 6) is 1.75. The Labute approximate surface area is 254 Å². The largest absolute Gasteiger partial charge is 0.483 e. The molecule has 1 saturated carbocycles. The number of nitrogens with zero attached hydrogens (tertiary/aromatic N) is 3. The van der Waals surface area contributed by atoms with Gasteiger partial charge in [0.25, 0.3) is 6.47 Å². The number of nitrogens with one attached hydrogen (secondary N) is 1. The van der Waals surface area contributed by atoms with Crippen molar-refractivity contribution in [2.75, 3.05) is 39.3 Å². The van der Waals surface area contributed by atoms with Crippen LogP contribution < -0.4 is 5.32 Å².